The first-order valence-electron chi connectivity index (χ1n) is 12.3. The molecule has 2 unspecified atom stereocenters. The number of ketones is 1. The van der Waals surface area contributed by atoms with Crippen molar-refractivity contribution in [3.05, 3.63) is 82.9 Å². The highest BCUT2D eigenvalue weighted by atomic mass is 19.1. The smallest absolute Gasteiger partial charge is 0.227 e. The van der Waals surface area contributed by atoms with Gasteiger partial charge in [-0.2, -0.15) is 0 Å². The second-order valence-electron chi connectivity index (χ2n) is 9.55. The molecule has 2 atom stereocenters. The second kappa shape index (κ2) is 9.23. The summed E-state index contributed by atoms with van der Waals surface area (Å²) in [5, 5.41) is 6.44. The van der Waals surface area contributed by atoms with Gasteiger partial charge in [0.05, 0.1) is 17.3 Å². The number of nitrogens with zero attached hydrogens (tertiary/aromatic N) is 3. The Labute approximate surface area is 204 Å². The molecular formula is C28H28FN5O. The third kappa shape index (κ3) is 4.32. The maximum absolute atomic E-state index is 14.9. The summed E-state index contributed by atoms with van der Waals surface area (Å²) >= 11 is 0. The van der Waals surface area contributed by atoms with Crippen molar-refractivity contribution in [2.24, 2.45) is 5.92 Å². The van der Waals surface area contributed by atoms with Crippen molar-refractivity contribution in [2.45, 2.75) is 25.2 Å². The van der Waals surface area contributed by atoms with Gasteiger partial charge in [0.2, 0.25) is 5.95 Å². The van der Waals surface area contributed by atoms with Gasteiger partial charge in [0.25, 0.3) is 0 Å². The molecule has 1 aliphatic heterocycles. The SMILES string of the molecule is O=C1C=Cc2cnc(Nc3ccc(N4CCNCC4)c(F)c3)nc2C1C1CCc2ccccc2C1. The van der Waals surface area contributed by atoms with E-state index in [-0.39, 0.29) is 23.4 Å². The Bertz CT molecular complexity index is 1300. The number of hydrogen-bond donors (Lipinski definition) is 2. The third-order valence-electron chi connectivity index (χ3n) is 7.39. The molecule has 2 aliphatic carbocycles. The third-order valence-corrected chi connectivity index (χ3v) is 7.39. The van der Waals surface area contributed by atoms with Crippen LogP contribution in [0.3, 0.4) is 0 Å². The molecule has 1 aromatic heterocycles. The molecule has 178 valence electrons. The summed E-state index contributed by atoms with van der Waals surface area (Å²) in [5.41, 5.74) is 5.52. The highest BCUT2D eigenvalue weighted by molar-refractivity contribution is 6.01. The largest absolute Gasteiger partial charge is 0.367 e. The summed E-state index contributed by atoms with van der Waals surface area (Å²) in [6.45, 7) is 3.27. The lowest BCUT2D eigenvalue weighted by molar-refractivity contribution is -0.117. The average Bonchev–Trinajstić information content (AvgIpc) is 2.89. The minimum atomic E-state index is -0.293. The van der Waals surface area contributed by atoms with Crippen molar-refractivity contribution >= 4 is 29.2 Å². The molecule has 6 nitrogen and oxygen atoms in total. The molecule has 35 heavy (non-hydrogen) atoms. The lowest BCUT2D eigenvalue weighted by Gasteiger charge is -2.32. The maximum atomic E-state index is 14.9. The summed E-state index contributed by atoms with van der Waals surface area (Å²) < 4.78 is 14.9. The van der Waals surface area contributed by atoms with Gasteiger partial charge in [0.15, 0.2) is 5.78 Å². The van der Waals surface area contributed by atoms with Gasteiger partial charge in [-0.25, -0.2) is 14.4 Å². The molecule has 3 aromatic rings. The van der Waals surface area contributed by atoms with Crippen LogP contribution in [0.4, 0.5) is 21.7 Å². The van der Waals surface area contributed by atoms with Crippen LogP contribution in [-0.2, 0) is 17.6 Å². The number of allylic oxidation sites excluding steroid dienone is 1. The highest BCUT2D eigenvalue weighted by Crippen LogP contribution is 2.39. The summed E-state index contributed by atoms with van der Waals surface area (Å²) in [6, 6.07) is 13.6. The molecule has 2 aromatic carbocycles. The van der Waals surface area contributed by atoms with E-state index in [2.05, 4.69) is 44.8 Å². The zero-order valence-electron chi connectivity index (χ0n) is 19.5. The maximum Gasteiger partial charge on any atom is 0.227 e. The van der Waals surface area contributed by atoms with Crippen LogP contribution in [-0.4, -0.2) is 41.9 Å². The van der Waals surface area contributed by atoms with Gasteiger partial charge in [0, 0.05) is 43.6 Å². The first kappa shape index (κ1) is 21.9. The van der Waals surface area contributed by atoms with Gasteiger partial charge in [-0.3, -0.25) is 4.79 Å². The van der Waals surface area contributed by atoms with Crippen molar-refractivity contribution in [3.8, 4) is 0 Å². The average molecular weight is 470 g/mol. The topological polar surface area (TPSA) is 70.2 Å². The van der Waals surface area contributed by atoms with E-state index in [0.717, 1.165) is 56.7 Å². The van der Waals surface area contributed by atoms with Crippen LogP contribution < -0.4 is 15.5 Å². The predicted octanol–water partition coefficient (Wildman–Crippen LogP) is 4.25. The van der Waals surface area contributed by atoms with Crippen LogP contribution in [0.1, 0.15) is 34.7 Å². The van der Waals surface area contributed by atoms with Crippen molar-refractivity contribution in [2.75, 3.05) is 36.4 Å². The van der Waals surface area contributed by atoms with Crippen LogP contribution in [0.25, 0.3) is 6.08 Å². The zero-order valence-corrected chi connectivity index (χ0v) is 19.5. The standard InChI is InChI=1S/C28H28FN5O/c29-23-16-22(8-9-24(23)34-13-11-30-12-14-34)32-28-31-17-21-7-10-25(35)26(27(21)33-28)20-6-5-18-3-1-2-4-19(18)15-20/h1-4,7-10,16-17,20,26,30H,5-6,11-15H2,(H,31,32,33). The van der Waals surface area contributed by atoms with E-state index < -0.39 is 0 Å². The number of aryl methyl sites for hydroxylation is 1. The fraction of sp³-hybridized carbons (Fsp3) is 0.321. The lowest BCUT2D eigenvalue weighted by Crippen LogP contribution is -2.43. The lowest BCUT2D eigenvalue weighted by atomic mass is 9.72. The quantitative estimate of drug-likeness (QED) is 0.595. The number of aromatic nitrogens is 2. The summed E-state index contributed by atoms with van der Waals surface area (Å²) in [4.78, 5) is 24.3. The Morgan fingerprint density at radius 3 is 2.71 bits per heavy atom. The molecule has 2 N–H and O–H groups in total. The number of carbonyl (C=O) groups excluding carboxylic acids is 1. The molecule has 0 spiro atoms. The van der Waals surface area contributed by atoms with Crippen LogP contribution >= 0.6 is 0 Å². The Morgan fingerprint density at radius 1 is 1.06 bits per heavy atom. The van der Waals surface area contributed by atoms with Gasteiger partial charge >= 0.3 is 0 Å². The van der Waals surface area contributed by atoms with E-state index in [9.17, 15) is 9.18 Å². The number of carbonyl (C=O) groups is 1. The molecule has 2 heterocycles. The molecule has 0 bridgehead atoms. The second-order valence-corrected chi connectivity index (χ2v) is 9.55. The number of benzene rings is 2. The monoisotopic (exact) mass is 469 g/mol. The number of hydrogen-bond acceptors (Lipinski definition) is 6. The highest BCUT2D eigenvalue weighted by Gasteiger charge is 2.35. The Balaban J connectivity index is 1.25. The van der Waals surface area contributed by atoms with E-state index in [1.807, 2.05) is 6.07 Å². The molecule has 0 amide bonds. The zero-order chi connectivity index (χ0) is 23.8. The Kier molecular flexibility index (Phi) is 5.78. The van der Waals surface area contributed by atoms with E-state index >= 15 is 0 Å². The van der Waals surface area contributed by atoms with E-state index in [0.29, 0.717) is 17.3 Å². The minimum absolute atomic E-state index is 0.0953. The molecule has 6 rings (SSSR count). The first-order chi connectivity index (χ1) is 17.2. The Hall–Kier alpha value is -3.58. The number of halogens is 1. The first-order valence-corrected chi connectivity index (χ1v) is 12.3. The number of fused-ring (bicyclic) bond motifs is 2. The van der Waals surface area contributed by atoms with E-state index in [4.69, 9.17) is 4.98 Å². The number of anilines is 3. The molecule has 3 aliphatic rings. The van der Waals surface area contributed by atoms with Crippen LogP contribution in [0, 0.1) is 11.7 Å². The summed E-state index contributed by atoms with van der Waals surface area (Å²) in [6.07, 6.45) is 8.00. The van der Waals surface area contributed by atoms with Gasteiger partial charge in [-0.15, -0.1) is 0 Å². The normalized spacial score (nSPS) is 21.4. The van der Waals surface area contributed by atoms with Gasteiger partial charge < -0.3 is 15.5 Å². The minimum Gasteiger partial charge on any atom is -0.367 e. The molecule has 0 radical (unpaired) electrons. The molecular weight excluding hydrogens is 441 g/mol. The van der Waals surface area contributed by atoms with Gasteiger partial charge in [-0.05, 0) is 66.7 Å². The summed E-state index contributed by atoms with van der Waals surface area (Å²) in [7, 11) is 0. The molecule has 7 heteroatoms. The van der Waals surface area contributed by atoms with E-state index in [1.165, 1.54) is 17.2 Å². The number of nitrogens with one attached hydrogen (secondary N) is 2. The predicted molar refractivity (Wildman–Crippen MR) is 136 cm³/mol. The molecule has 1 saturated heterocycles. The van der Waals surface area contributed by atoms with Gasteiger partial charge in [0.1, 0.15) is 5.82 Å². The van der Waals surface area contributed by atoms with Crippen molar-refractivity contribution < 1.29 is 9.18 Å². The van der Waals surface area contributed by atoms with E-state index in [1.54, 1.807) is 24.4 Å². The number of rotatable bonds is 4. The van der Waals surface area contributed by atoms with Crippen molar-refractivity contribution in [3.63, 3.8) is 0 Å². The molecule has 1 fully saturated rings. The van der Waals surface area contributed by atoms with Crippen LogP contribution in [0.2, 0.25) is 0 Å². The number of piperazine rings is 1. The molecule has 0 saturated carbocycles. The van der Waals surface area contributed by atoms with Gasteiger partial charge in [-0.1, -0.05) is 24.3 Å². The summed E-state index contributed by atoms with van der Waals surface area (Å²) in [5.74, 6) is 0.102. The van der Waals surface area contributed by atoms with Crippen molar-refractivity contribution in [1.82, 2.24) is 15.3 Å². The fourth-order valence-corrected chi connectivity index (χ4v) is 5.59. The Morgan fingerprint density at radius 2 is 1.89 bits per heavy atom. The fourth-order valence-electron chi connectivity index (χ4n) is 5.59. The van der Waals surface area contributed by atoms with Crippen molar-refractivity contribution in [1.29, 1.82) is 0 Å². The van der Waals surface area contributed by atoms with Crippen LogP contribution in [0.15, 0.2) is 54.7 Å². The van der Waals surface area contributed by atoms with Crippen LogP contribution in [0.5, 0.6) is 0 Å².